The third kappa shape index (κ3) is 4.19. The second-order valence-electron chi connectivity index (χ2n) is 3.66. The molecular weight excluding hydrogens is 244 g/mol. The normalized spacial score (nSPS) is 11.9. The summed E-state index contributed by atoms with van der Waals surface area (Å²) in [4.78, 5) is 5.59. The van der Waals surface area contributed by atoms with Crippen LogP contribution in [-0.4, -0.2) is 31.5 Å². The number of hydrogen-bond donors (Lipinski definition) is 1. The van der Waals surface area contributed by atoms with E-state index in [9.17, 15) is 8.42 Å². The molecule has 1 aromatic rings. The van der Waals surface area contributed by atoms with E-state index in [1.807, 2.05) is 13.8 Å². The Morgan fingerprint density at radius 2 is 2.06 bits per heavy atom. The van der Waals surface area contributed by atoms with Gasteiger partial charge < -0.3 is 5.32 Å². The van der Waals surface area contributed by atoms with Gasteiger partial charge in [-0.1, -0.05) is 6.92 Å². The molecule has 0 aliphatic rings. The fourth-order valence-electron chi connectivity index (χ4n) is 1.18. The van der Waals surface area contributed by atoms with Crippen LogP contribution < -0.4 is 5.32 Å². The van der Waals surface area contributed by atoms with Gasteiger partial charge in [0.05, 0.1) is 11.4 Å². The molecule has 0 unspecified atom stereocenters. The number of aromatic nitrogens is 1. The first kappa shape index (κ1) is 13.6. The van der Waals surface area contributed by atoms with Crippen LogP contribution >= 0.6 is 11.3 Å². The Bertz CT molecular complexity index is 418. The van der Waals surface area contributed by atoms with Crippen LogP contribution in [0.3, 0.4) is 0 Å². The first-order valence-electron chi connectivity index (χ1n) is 5.28. The SMILES string of the molecule is CCS(=O)(=O)CCNCc1nc(C)c(C)s1. The van der Waals surface area contributed by atoms with Crippen molar-refractivity contribution in [2.24, 2.45) is 0 Å². The number of thiazole rings is 1. The van der Waals surface area contributed by atoms with Crippen LogP contribution in [0.1, 0.15) is 22.5 Å². The van der Waals surface area contributed by atoms with Gasteiger partial charge in [-0.15, -0.1) is 11.3 Å². The summed E-state index contributed by atoms with van der Waals surface area (Å²) in [6.07, 6.45) is 0. The van der Waals surface area contributed by atoms with E-state index in [4.69, 9.17) is 0 Å². The number of nitrogens with one attached hydrogen (secondary N) is 1. The van der Waals surface area contributed by atoms with Crippen LogP contribution in [0, 0.1) is 13.8 Å². The van der Waals surface area contributed by atoms with E-state index in [-0.39, 0.29) is 11.5 Å². The van der Waals surface area contributed by atoms with E-state index >= 15 is 0 Å². The Balaban J connectivity index is 2.31. The Hall–Kier alpha value is -0.460. The van der Waals surface area contributed by atoms with Crippen molar-refractivity contribution >= 4 is 21.2 Å². The predicted molar refractivity (Wildman–Crippen MR) is 67.6 cm³/mol. The lowest BCUT2D eigenvalue weighted by molar-refractivity contribution is 0.591. The summed E-state index contributed by atoms with van der Waals surface area (Å²) in [5.74, 6) is 0.414. The van der Waals surface area contributed by atoms with Gasteiger partial charge in [-0.25, -0.2) is 13.4 Å². The number of sulfone groups is 1. The average Bonchev–Trinajstić information content (AvgIpc) is 2.54. The molecule has 1 heterocycles. The van der Waals surface area contributed by atoms with Crippen molar-refractivity contribution in [3.05, 3.63) is 15.6 Å². The second-order valence-corrected chi connectivity index (χ2v) is 7.42. The van der Waals surface area contributed by atoms with Crippen molar-refractivity contribution in [1.82, 2.24) is 10.3 Å². The molecule has 0 atom stereocenters. The zero-order valence-electron chi connectivity index (χ0n) is 9.91. The smallest absolute Gasteiger partial charge is 0.151 e. The standard InChI is InChI=1S/C10H18N2O2S2/c1-4-16(13,14)6-5-11-7-10-12-8(2)9(3)15-10/h11H,4-7H2,1-3H3. The van der Waals surface area contributed by atoms with Crippen molar-refractivity contribution < 1.29 is 8.42 Å². The molecule has 1 N–H and O–H groups in total. The van der Waals surface area contributed by atoms with Crippen LogP contribution in [0.2, 0.25) is 0 Å². The molecule has 0 aliphatic heterocycles. The van der Waals surface area contributed by atoms with Crippen molar-refractivity contribution in [2.75, 3.05) is 18.1 Å². The van der Waals surface area contributed by atoms with Gasteiger partial charge in [0.25, 0.3) is 0 Å². The van der Waals surface area contributed by atoms with Gasteiger partial charge in [-0.2, -0.15) is 0 Å². The van der Waals surface area contributed by atoms with E-state index in [2.05, 4.69) is 10.3 Å². The van der Waals surface area contributed by atoms with Crippen LogP contribution in [0.4, 0.5) is 0 Å². The van der Waals surface area contributed by atoms with Gasteiger partial charge in [0.2, 0.25) is 0 Å². The quantitative estimate of drug-likeness (QED) is 0.785. The summed E-state index contributed by atoms with van der Waals surface area (Å²) in [5, 5.41) is 4.12. The first-order chi connectivity index (χ1) is 7.44. The second kappa shape index (κ2) is 5.75. The minimum atomic E-state index is -2.86. The van der Waals surface area contributed by atoms with Gasteiger partial charge in [0, 0.05) is 23.7 Å². The van der Waals surface area contributed by atoms with Gasteiger partial charge in [0.1, 0.15) is 5.01 Å². The molecule has 0 aromatic carbocycles. The average molecular weight is 262 g/mol. The lowest BCUT2D eigenvalue weighted by atomic mass is 10.4. The molecule has 16 heavy (non-hydrogen) atoms. The third-order valence-electron chi connectivity index (χ3n) is 2.38. The zero-order valence-corrected chi connectivity index (χ0v) is 11.5. The topological polar surface area (TPSA) is 59.1 Å². The highest BCUT2D eigenvalue weighted by Crippen LogP contribution is 2.15. The summed E-state index contributed by atoms with van der Waals surface area (Å²) in [7, 11) is -2.86. The highest BCUT2D eigenvalue weighted by atomic mass is 32.2. The van der Waals surface area contributed by atoms with E-state index in [0.29, 0.717) is 13.1 Å². The van der Waals surface area contributed by atoms with E-state index in [0.717, 1.165) is 10.7 Å². The van der Waals surface area contributed by atoms with Gasteiger partial charge >= 0.3 is 0 Å². The Labute approximate surface area is 101 Å². The van der Waals surface area contributed by atoms with Crippen molar-refractivity contribution in [3.63, 3.8) is 0 Å². The summed E-state index contributed by atoms with van der Waals surface area (Å²) in [6.45, 7) is 6.84. The number of aryl methyl sites for hydroxylation is 2. The molecule has 92 valence electrons. The molecular formula is C10H18N2O2S2. The Morgan fingerprint density at radius 1 is 1.38 bits per heavy atom. The summed E-state index contributed by atoms with van der Waals surface area (Å²) < 4.78 is 22.4. The van der Waals surface area contributed by atoms with Crippen LogP contribution in [0.5, 0.6) is 0 Å². The molecule has 6 heteroatoms. The molecule has 0 spiro atoms. The molecule has 0 amide bonds. The molecule has 1 aromatic heterocycles. The highest BCUT2D eigenvalue weighted by molar-refractivity contribution is 7.91. The number of rotatable bonds is 6. The molecule has 1 rings (SSSR count). The zero-order chi connectivity index (χ0) is 12.2. The summed E-state index contributed by atoms with van der Waals surface area (Å²) in [6, 6.07) is 0. The minimum absolute atomic E-state index is 0.201. The van der Waals surface area contributed by atoms with E-state index in [1.54, 1.807) is 18.3 Å². The first-order valence-corrected chi connectivity index (χ1v) is 7.92. The monoisotopic (exact) mass is 262 g/mol. The number of nitrogens with zero attached hydrogens (tertiary/aromatic N) is 1. The van der Waals surface area contributed by atoms with Crippen molar-refractivity contribution in [3.8, 4) is 0 Å². The summed E-state index contributed by atoms with van der Waals surface area (Å²) >= 11 is 1.65. The number of hydrogen-bond acceptors (Lipinski definition) is 5. The molecule has 0 saturated heterocycles. The van der Waals surface area contributed by atoms with E-state index in [1.165, 1.54) is 4.88 Å². The molecule has 0 bridgehead atoms. The molecule has 0 radical (unpaired) electrons. The largest absolute Gasteiger partial charge is 0.309 e. The maximum absolute atomic E-state index is 11.2. The van der Waals surface area contributed by atoms with Gasteiger partial charge in [0.15, 0.2) is 9.84 Å². The van der Waals surface area contributed by atoms with Crippen LogP contribution in [0.25, 0.3) is 0 Å². The van der Waals surface area contributed by atoms with Crippen molar-refractivity contribution in [2.45, 2.75) is 27.3 Å². The molecule has 0 aliphatic carbocycles. The molecule has 0 saturated carbocycles. The Kier molecular flexibility index (Phi) is 4.89. The van der Waals surface area contributed by atoms with Crippen molar-refractivity contribution in [1.29, 1.82) is 0 Å². The van der Waals surface area contributed by atoms with Crippen LogP contribution in [-0.2, 0) is 16.4 Å². The lowest BCUT2D eigenvalue weighted by Crippen LogP contribution is -2.23. The summed E-state index contributed by atoms with van der Waals surface area (Å²) in [5.41, 5.74) is 1.06. The fourth-order valence-corrected chi connectivity index (χ4v) is 2.83. The highest BCUT2D eigenvalue weighted by Gasteiger charge is 2.07. The molecule has 4 nitrogen and oxygen atoms in total. The lowest BCUT2D eigenvalue weighted by Gasteiger charge is -2.02. The van der Waals surface area contributed by atoms with Crippen LogP contribution in [0.15, 0.2) is 0 Å². The maximum Gasteiger partial charge on any atom is 0.151 e. The predicted octanol–water partition coefficient (Wildman–Crippen LogP) is 1.28. The van der Waals surface area contributed by atoms with E-state index < -0.39 is 9.84 Å². The maximum atomic E-state index is 11.2. The molecule has 0 fully saturated rings. The van der Waals surface area contributed by atoms with Gasteiger partial charge in [-0.3, -0.25) is 0 Å². The Morgan fingerprint density at radius 3 is 2.56 bits per heavy atom. The third-order valence-corrected chi connectivity index (χ3v) is 5.16. The minimum Gasteiger partial charge on any atom is -0.309 e. The van der Waals surface area contributed by atoms with Gasteiger partial charge in [-0.05, 0) is 13.8 Å². The fraction of sp³-hybridized carbons (Fsp3) is 0.700.